The highest BCUT2D eigenvalue weighted by Gasteiger charge is 2.20. The van der Waals surface area contributed by atoms with Gasteiger partial charge in [0.25, 0.3) is 5.91 Å². The Hall–Kier alpha value is -2.30. The summed E-state index contributed by atoms with van der Waals surface area (Å²) in [5.41, 5.74) is 0.372. The molecule has 0 bridgehead atoms. The molecule has 0 N–H and O–H groups in total. The number of para-hydroxylation sites is 1. The monoisotopic (exact) mass is 279 g/mol. The van der Waals surface area contributed by atoms with Gasteiger partial charge in [0.2, 0.25) is 0 Å². The van der Waals surface area contributed by atoms with Gasteiger partial charge in [0.15, 0.2) is 17.5 Å². The second-order valence-electron chi connectivity index (χ2n) is 4.14. The van der Waals surface area contributed by atoms with Gasteiger partial charge in [-0.2, -0.15) is 0 Å². The smallest absolute Gasteiger partial charge is 0.258 e. The summed E-state index contributed by atoms with van der Waals surface area (Å²) < 4.78 is 39.3. The van der Waals surface area contributed by atoms with Crippen molar-refractivity contribution in [1.82, 2.24) is 0 Å². The van der Waals surface area contributed by atoms with Crippen molar-refractivity contribution in [3.63, 3.8) is 0 Å². The molecular weight excluding hydrogens is 267 g/mol. The third-order valence-corrected chi connectivity index (χ3v) is 2.86. The van der Waals surface area contributed by atoms with E-state index in [1.54, 1.807) is 37.3 Å². The summed E-state index contributed by atoms with van der Waals surface area (Å²) in [6.45, 7) is 2.06. The predicted molar refractivity (Wildman–Crippen MR) is 70.1 cm³/mol. The summed E-state index contributed by atoms with van der Waals surface area (Å²) in [4.78, 5) is 13.6. The van der Waals surface area contributed by atoms with E-state index in [4.69, 9.17) is 0 Å². The molecule has 0 aromatic heterocycles. The summed E-state index contributed by atoms with van der Waals surface area (Å²) >= 11 is 0. The minimum atomic E-state index is -1.58. The largest absolute Gasteiger partial charge is 0.309 e. The number of hydrogen-bond acceptors (Lipinski definition) is 1. The molecule has 0 aliphatic rings. The topological polar surface area (TPSA) is 20.3 Å². The molecule has 0 saturated carbocycles. The first-order valence-corrected chi connectivity index (χ1v) is 6.06. The molecule has 1 amide bonds. The molecule has 0 aliphatic heterocycles. The van der Waals surface area contributed by atoms with Gasteiger partial charge in [-0.25, -0.2) is 13.2 Å². The van der Waals surface area contributed by atoms with E-state index in [0.29, 0.717) is 24.4 Å². The van der Waals surface area contributed by atoms with Crippen molar-refractivity contribution in [1.29, 1.82) is 0 Å². The molecule has 0 saturated heterocycles. The van der Waals surface area contributed by atoms with Crippen molar-refractivity contribution < 1.29 is 18.0 Å². The Morgan fingerprint density at radius 2 is 1.60 bits per heavy atom. The normalized spacial score (nSPS) is 10.4. The molecule has 0 atom stereocenters. The quantitative estimate of drug-likeness (QED) is 0.783. The molecule has 20 heavy (non-hydrogen) atoms. The van der Waals surface area contributed by atoms with Crippen LogP contribution in [0.15, 0.2) is 42.5 Å². The van der Waals surface area contributed by atoms with Crippen molar-refractivity contribution >= 4 is 11.6 Å². The highest BCUT2D eigenvalue weighted by Crippen LogP contribution is 2.19. The minimum Gasteiger partial charge on any atom is -0.309 e. The van der Waals surface area contributed by atoms with Crippen LogP contribution in [0.25, 0.3) is 0 Å². The van der Waals surface area contributed by atoms with Gasteiger partial charge in [-0.05, 0) is 31.2 Å². The molecule has 0 aliphatic carbocycles. The number of anilines is 1. The van der Waals surface area contributed by atoms with Crippen molar-refractivity contribution in [3.05, 3.63) is 65.5 Å². The fourth-order valence-electron chi connectivity index (χ4n) is 1.89. The van der Waals surface area contributed by atoms with Crippen LogP contribution in [0.1, 0.15) is 17.3 Å². The standard InChI is InChI=1S/C15H12F3NO/c1-2-19(11-6-4-3-5-7-11)15(20)10-8-12(16)14(18)13(17)9-10/h3-9H,2H2,1H3. The first-order valence-electron chi connectivity index (χ1n) is 6.06. The lowest BCUT2D eigenvalue weighted by Crippen LogP contribution is -2.30. The van der Waals surface area contributed by atoms with Crippen LogP contribution >= 0.6 is 0 Å². The first-order chi connectivity index (χ1) is 9.54. The fourth-order valence-corrected chi connectivity index (χ4v) is 1.89. The van der Waals surface area contributed by atoms with Gasteiger partial charge in [0.1, 0.15) is 0 Å². The number of hydrogen-bond donors (Lipinski definition) is 0. The molecule has 0 radical (unpaired) electrons. The van der Waals surface area contributed by atoms with E-state index in [9.17, 15) is 18.0 Å². The number of carbonyl (C=O) groups excluding carboxylic acids is 1. The molecule has 5 heteroatoms. The number of rotatable bonds is 3. The van der Waals surface area contributed by atoms with Crippen LogP contribution in [0.5, 0.6) is 0 Å². The van der Waals surface area contributed by atoms with E-state index in [-0.39, 0.29) is 5.56 Å². The molecular formula is C15H12F3NO. The molecule has 2 nitrogen and oxygen atoms in total. The Morgan fingerprint density at radius 3 is 2.10 bits per heavy atom. The summed E-state index contributed by atoms with van der Waals surface area (Å²) in [5, 5.41) is 0. The lowest BCUT2D eigenvalue weighted by atomic mass is 10.1. The zero-order valence-electron chi connectivity index (χ0n) is 10.7. The van der Waals surface area contributed by atoms with E-state index in [2.05, 4.69) is 0 Å². The maximum Gasteiger partial charge on any atom is 0.258 e. The summed E-state index contributed by atoms with van der Waals surface area (Å²) in [6, 6.07) is 10.1. The zero-order chi connectivity index (χ0) is 14.7. The lowest BCUT2D eigenvalue weighted by molar-refractivity contribution is 0.0987. The molecule has 0 heterocycles. The summed E-state index contributed by atoms with van der Waals surface area (Å²) in [5.74, 6) is -4.92. The number of benzene rings is 2. The molecule has 0 spiro atoms. The van der Waals surface area contributed by atoms with Crippen molar-refractivity contribution in [2.24, 2.45) is 0 Å². The SMILES string of the molecule is CCN(C(=O)c1cc(F)c(F)c(F)c1)c1ccccc1. The third kappa shape index (κ3) is 2.66. The third-order valence-electron chi connectivity index (χ3n) is 2.86. The van der Waals surface area contributed by atoms with Gasteiger partial charge in [-0.15, -0.1) is 0 Å². The van der Waals surface area contributed by atoms with Gasteiger partial charge < -0.3 is 4.90 Å². The van der Waals surface area contributed by atoms with Crippen LogP contribution in [0.3, 0.4) is 0 Å². The number of carbonyl (C=O) groups is 1. The van der Waals surface area contributed by atoms with E-state index in [0.717, 1.165) is 0 Å². The Morgan fingerprint density at radius 1 is 1.05 bits per heavy atom. The average molecular weight is 279 g/mol. The second-order valence-corrected chi connectivity index (χ2v) is 4.14. The van der Waals surface area contributed by atoms with E-state index in [1.807, 2.05) is 0 Å². The van der Waals surface area contributed by atoms with Crippen LogP contribution in [0.2, 0.25) is 0 Å². The van der Waals surface area contributed by atoms with E-state index >= 15 is 0 Å². The Kier molecular flexibility index (Phi) is 4.08. The number of halogens is 3. The lowest BCUT2D eigenvalue weighted by Gasteiger charge is -2.21. The van der Waals surface area contributed by atoms with Crippen LogP contribution in [0.4, 0.5) is 18.9 Å². The first kappa shape index (κ1) is 14.1. The van der Waals surface area contributed by atoms with E-state index < -0.39 is 23.4 Å². The molecule has 2 aromatic carbocycles. The molecule has 0 unspecified atom stereocenters. The average Bonchev–Trinajstić information content (AvgIpc) is 2.46. The fraction of sp³-hybridized carbons (Fsp3) is 0.133. The van der Waals surface area contributed by atoms with Crippen molar-refractivity contribution in [3.8, 4) is 0 Å². The van der Waals surface area contributed by atoms with Crippen LogP contribution in [-0.2, 0) is 0 Å². The molecule has 2 rings (SSSR count). The van der Waals surface area contributed by atoms with Gasteiger partial charge >= 0.3 is 0 Å². The predicted octanol–water partition coefficient (Wildman–Crippen LogP) is 3.77. The maximum absolute atomic E-state index is 13.2. The minimum absolute atomic E-state index is 0.230. The van der Waals surface area contributed by atoms with Gasteiger partial charge in [0, 0.05) is 17.8 Å². The molecule has 2 aromatic rings. The van der Waals surface area contributed by atoms with Crippen LogP contribution in [-0.4, -0.2) is 12.5 Å². The molecule has 104 valence electrons. The van der Waals surface area contributed by atoms with Crippen molar-refractivity contribution in [2.45, 2.75) is 6.92 Å². The van der Waals surface area contributed by atoms with Gasteiger partial charge in [-0.1, -0.05) is 18.2 Å². The van der Waals surface area contributed by atoms with Gasteiger partial charge in [0.05, 0.1) is 0 Å². The zero-order valence-corrected chi connectivity index (χ0v) is 10.7. The highest BCUT2D eigenvalue weighted by molar-refractivity contribution is 6.06. The maximum atomic E-state index is 13.2. The number of amides is 1. The van der Waals surface area contributed by atoms with Gasteiger partial charge in [-0.3, -0.25) is 4.79 Å². The van der Waals surface area contributed by atoms with E-state index in [1.165, 1.54) is 4.90 Å². The Labute approximate surface area is 114 Å². The van der Waals surface area contributed by atoms with Crippen LogP contribution < -0.4 is 4.90 Å². The van der Waals surface area contributed by atoms with Crippen molar-refractivity contribution in [2.75, 3.05) is 11.4 Å². The molecule has 0 fully saturated rings. The number of nitrogens with zero attached hydrogens (tertiary/aromatic N) is 1. The Balaban J connectivity index is 2.39. The second kappa shape index (κ2) is 5.77. The summed E-state index contributed by atoms with van der Waals surface area (Å²) in [7, 11) is 0. The highest BCUT2D eigenvalue weighted by atomic mass is 19.2. The Bertz CT molecular complexity index is 605. The summed E-state index contributed by atoms with van der Waals surface area (Å²) in [6.07, 6.45) is 0. The van der Waals surface area contributed by atoms with Crippen LogP contribution in [0, 0.1) is 17.5 Å².